The van der Waals surface area contributed by atoms with Crippen molar-refractivity contribution in [3.8, 4) is 11.5 Å². The van der Waals surface area contributed by atoms with Gasteiger partial charge in [0.05, 0.1) is 17.4 Å². The smallest absolute Gasteiger partial charge is 0.349 e. The number of likely N-dealkylation sites (tertiary alicyclic amines) is 1. The number of likely N-dealkylation sites (N-methyl/N-ethyl adjacent to an activating group) is 1. The summed E-state index contributed by atoms with van der Waals surface area (Å²) < 4.78 is 21.7. The molecule has 4 aliphatic rings. The summed E-state index contributed by atoms with van der Waals surface area (Å²) in [6.07, 6.45) is -3.53. The zero-order valence-electron chi connectivity index (χ0n) is 23.1. The Morgan fingerprint density at radius 3 is 2.50 bits per heavy atom. The van der Waals surface area contributed by atoms with Crippen LogP contribution in [0.3, 0.4) is 0 Å². The number of phenols is 1. The van der Waals surface area contributed by atoms with Crippen LogP contribution in [0.2, 0.25) is 0 Å². The molecular weight excluding hydrogens is 558 g/mol. The molecule has 0 amide bonds. The van der Waals surface area contributed by atoms with Crippen LogP contribution in [0.5, 0.6) is 11.5 Å². The molecule has 2 heterocycles. The maximum atomic E-state index is 13.4. The number of carbonyl (C=O) groups is 5. The van der Waals surface area contributed by atoms with E-state index in [0.717, 1.165) is 12.5 Å². The predicted octanol–water partition coefficient (Wildman–Crippen LogP) is 0.252. The first-order valence-electron chi connectivity index (χ1n) is 13.4. The van der Waals surface area contributed by atoms with Gasteiger partial charge in [-0.15, -0.1) is 0 Å². The lowest BCUT2D eigenvalue weighted by molar-refractivity contribution is -0.185. The Bertz CT molecular complexity index is 1400. The fraction of sp³-hybridized carbons (Fsp3) is 0.536. The van der Waals surface area contributed by atoms with E-state index < -0.39 is 71.5 Å². The number of esters is 3. The Morgan fingerprint density at radius 2 is 1.86 bits per heavy atom. The van der Waals surface area contributed by atoms with E-state index in [1.807, 2.05) is 7.05 Å². The van der Waals surface area contributed by atoms with Crippen molar-refractivity contribution in [3.63, 3.8) is 0 Å². The van der Waals surface area contributed by atoms with Gasteiger partial charge >= 0.3 is 29.8 Å². The summed E-state index contributed by atoms with van der Waals surface area (Å²) in [5.41, 5.74) is -0.773. The number of aliphatic carboxylic acids is 2. The molecule has 5 rings (SSSR count). The molecule has 2 bridgehead atoms. The maximum Gasteiger partial charge on any atom is 0.349 e. The molecule has 1 spiro atoms. The fourth-order valence-corrected chi connectivity index (χ4v) is 6.85. The van der Waals surface area contributed by atoms with Crippen molar-refractivity contribution in [1.29, 1.82) is 0 Å². The lowest BCUT2D eigenvalue weighted by Crippen LogP contribution is -2.74. The number of hydrogen-bond donors (Lipinski definition) is 4. The number of phenolic OH excluding ortho intramolecular Hbond substituents is 1. The molecule has 14 nitrogen and oxygen atoms in total. The van der Waals surface area contributed by atoms with Gasteiger partial charge in [0.2, 0.25) is 12.2 Å². The molecule has 2 aliphatic heterocycles. The van der Waals surface area contributed by atoms with Crippen molar-refractivity contribution in [2.24, 2.45) is 5.92 Å². The predicted molar refractivity (Wildman–Crippen MR) is 137 cm³/mol. The van der Waals surface area contributed by atoms with E-state index in [-0.39, 0.29) is 29.7 Å². The Balaban J connectivity index is 1.43. The number of carbonyl (C=O) groups excluding carboxylic acids is 3. The zero-order valence-corrected chi connectivity index (χ0v) is 23.1. The number of ether oxygens (including phenoxy) is 4. The summed E-state index contributed by atoms with van der Waals surface area (Å²) in [7, 11) is 1.92. The molecule has 0 aromatic heterocycles. The fourth-order valence-electron chi connectivity index (χ4n) is 6.85. The van der Waals surface area contributed by atoms with Crippen LogP contribution in [0.25, 0.3) is 0 Å². The summed E-state index contributed by atoms with van der Waals surface area (Å²) in [6.45, 7) is 2.75. The molecule has 0 unspecified atom stereocenters. The van der Waals surface area contributed by atoms with Crippen molar-refractivity contribution in [2.75, 3.05) is 13.6 Å². The highest BCUT2D eigenvalue weighted by molar-refractivity contribution is 5.88. The topological polar surface area (TPSA) is 206 Å². The molecule has 14 heteroatoms. The zero-order chi connectivity index (χ0) is 30.7. The lowest BCUT2D eigenvalue weighted by Gasteiger charge is -2.61. The van der Waals surface area contributed by atoms with Crippen molar-refractivity contribution in [1.82, 2.24) is 4.90 Å². The summed E-state index contributed by atoms with van der Waals surface area (Å²) in [4.78, 5) is 62.4. The Kier molecular flexibility index (Phi) is 7.18. The number of rotatable bonds is 9. The van der Waals surface area contributed by atoms with Crippen LogP contribution in [0.1, 0.15) is 44.2 Å². The number of piperidine rings is 1. The number of aliphatic hydroxyl groups is 1. The summed E-state index contributed by atoms with van der Waals surface area (Å²) >= 11 is 0. The highest BCUT2D eigenvalue weighted by Gasteiger charge is 2.72. The summed E-state index contributed by atoms with van der Waals surface area (Å²) in [6, 6.07) is 3.04. The Hall–Kier alpha value is -4.17. The van der Waals surface area contributed by atoms with Crippen LogP contribution in [0.4, 0.5) is 0 Å². The highest BCUT2D eigenvalue weighted by atomic mass is 16.6. The largest absolute Gasteiger partial charge is 0.504 e. The van der Waals surface area contributed by atoms with Crippen LogP contribution in [-0.4, -0.2) is 98.7 Å². The standard InChI is InChI=1S/C28H31NO13/c1-12(21(39-13(2)30)26(37)41-17(24(34)35)11-19(32)33)25(36)40-16-6-7-28(38)18-10-14-4-5-15(31)22-20(14)27(28,23(16)42-22)8-9-29(18)3/h4-6,12,17-18,21,23,31,38H,7-11H2,1-3H3,(H,32,33)(H,34,35)/t12-,17-,18-,21-,23+,27+,28-/m1/s1. The minimum absolute atomic E-state index is 0.0347. The van der Waals surface area contributed by atoms with Crippen molar-refractivity contribution >= 4 is 29.8 Å². The van der Waals surface area contributed by atoms with Crippen LogP contribution < -0.4 is 4.74 Å². The number of aromatic hydroxyl groups is 1. The molecule has 0 radical (unpaired) electrons. The molecule has 2 aliphatic carbocycles. The van der Waals surface area contributed by atoms with E-state index in [1.54, 1.807) is 6.07 Å². The number of hydrogen-bond acceptors (Lipinski definition) is 12. The number of carboxylic acid groups (broad SMARTS) is 2. The summed E-state index contributed by atoms with van der Waals surface area (Å²) in [5.74, 6) is -8.19. The first-order valence-corrected chi connectivity index (χ1v) is 13.4. The molecule has 226 valence electrons. The van der Waals surface area contributed by atoms with E-state index in [9.17, 15) is 39.3 Å². The average molecular weight is 590 g/mol. The minimum Gasteiger partial charge on any atom is -0.504 e. The number of nitrogens with zero attached hydrogens (tertiary/aromatic N) is 1. The number of benzene rings is 1. The normalized spacial score (nSPS) is 29.1. The molecule has 1 fully saturated rings. The SMILES string of the molecule is CC(=O)O[C@@H](C(=O)O[C@H](CC(=O)O)C(=O)O)[C@@H](C)C(=O)OC1=CC[C@@]2(O)[C@H]3Cc4ccc(O)c5c4[C@@]2(CCN3C)[C@H]1O5. The van der Waals surface area contributed by atoms with Gasteiger partial charge in [0, 0.05) is 24.9 Å². The van der Waals surface area contributed by atoms with Gasteiger partial charge in [-0.3, -0.25) is 14.4 Å². The van der Waals surface area contributed by atoms with Crippen LogP contribution in [-0.2, 0) is 50.0 Å². The molecular formula is C28H31NO13. The highest BCUT2D eigenvalue weighted by Crippen LogP contribution is 2.65. The quantitative estimate of drug-likeness (QED) is 0.225. The molecule has 1 aromatic carbocycles. The first-order chi connectivity index (χ1) is 19.7. The third kappa shape index (κ3) is 4.36. The molecule has 7 atom stereocenters. The van der Waals surface area contributed by atoms with Crippen molar-refractivity contribution < 1.29 is 63.3 Å². The second-order valence-corrected chi connectivity index (χ2v) is 11.2. The van der Waals surface area contributed by atoms with Crippen LogP contribution in [0.15, 0.2) is 24.0 Å². The van der Waals surface area contributed by atoms with E-state index in [4.69, 9.17) is 24.1 Å². The van der Waals surface area contributed by atoms with E-state index >= 15 is 0 Å². The average Bonchev–Trinajstić information content (AvgIpc) is 3.27. The van der Waals surface area contributed by atoms with Crippen LogP contribution in [0, 0.1) is 5.92 Å². The Labute approximate surface area is 239 Å². The molecule has 1 aromatic rings. The third-order valence-corrected chi connectivity index (χ3v) is 8.82. The maximum absolute atomic E-state index is 13.4. The monoisotopic (exact) mass is 589 g/mol. The number of carboxylic acids is 2. The lowest BCUT2D eigenvalue weighted by atomic mass is 9.50. The minimum atomic E-state index is -2.09. The second-order valence-electron chi connectivity index (χ2n) is 11.2. The van der Waals surface area contributed by atoms with Crippen molar-refractivity contribution in [3.05, 3.63) is 35.1 Å². The van der Waals surface area contributed by atoms with Crippen molar-refractivity contribution in [2.45, 2.75) is 74.9 Å². The van der Waals surface area contributed by atoms with Gasteiger partial charge in [0.1, 0.15) is 11.7 Å². The van der Waals surface area contributed by atoms with E-state index in [2.05, 4.69) is 4.90 Å². The molecule has 1 saturated heterocycles. The first kappa shape index (κ1) is 29.3. The van der Waals surface area contributed by atoms with Gasteiger partial charge in [0.25, 0.3) is 0 Å². The van der Waals surface area contributed by atoms with Gasteiger partial charge in [-0.2, -0.15) is 0 Å². The van der Waals surface area contributed by atoms with Gasteiger partial charge in [-0.05, 0) is 51.1 Å². The van der Waals surface area contributed by atoms with E-state index in [0.29, 0.717) is 24.9 Å². The second kappa shape index (κ2) is 10.3. The van der Waals surface area contributed by atoms with Gasteiger partial charge < -0.3 is 44.3 Å². The van der Waals surface area contributed by atoms with Crippen LogP contribution >= 0.6 is 0 Å². The molecule has 0 saturated carbocycles. The van der Waals surface area contributed by atoms with Gasteiger partial charge in [0.15, 0.2) is 17.6 Å². The van der Waals surface area contributed by atoms with Gasteiger partial charge in [-0.25, -0.2) is 9.59 Å². The Morgan fingerprint density at radius 1 is 1.14 bits per heavy atom. The van der Waals surface area contributed by atoms with Gasteiger partial charge in [-0.1, -0.05) is 6.07 Å². The third-order valence-electron chi connectivity index (χ3n) is 8.82. The summed E-state index contributed by atoms with van der Waals surface area (Å²) in [5, 5.41) is 41.0. The molecule has 42 heavy (non-hydrogen) atoms. The van der Waals surface area contributed by atoms with E-state index in [1.165, 1.54) is 19.1 Å². The molecule has 4 N–H and O–H groups in total.